The van der Waals surface area contributed by atoms with Crippen LogP contribution in [0.5, 0.6) is 0 Å². The molecule has 1 fully saturated rings. The molecule has 0 amide bonds. The lowest BCUT2D eigenvalue weighted by atomic mass is 10.1. The van der Waals surface area contributed by atoms with E-state index in [1.807, 2.05) is 30.3 Å². The molecule has 24 heavy (non-hydrogen) atoms. The molecule has 2 unspecified atom stereocenters. The molecule has 0 saturated carbocycles. The number of benzene rings is 1. The van der Waals surface area contributed by atoms with Crippen molar-refractivity contribution in [3.63, 3.8) is 0 Å². The third kappa shape index (κ3) is 3.06. The van der Waals surface area contributed by atoms with Gasteiger partial charge in [-0.15, -0.1) is 0 Å². The van der Waals surface area contributed by atoms with Crippen molar-refractivity contribution in [3.8, 4) is 0 Å². The average molecular weight is 350 g/mol. The molecular formula is C16H18N2O5S. The van der Waals surface area contributed by atoms with Crippen LogP contribution < -0.4 is 5.69 Å². The molecule has 1 saturated heterocycles. The number of rotatable bonds is 4. The Labute approximate surface area is 143 Å². The van der Waals surface area contributed by atoms with Crippen molar-refractivity contribution in [1.82, 2.24) is 9.13 Å². The Morgan fingerprint density at radius 2 is 1.83 bits per heavy atom. The molecule has 1 aliphatic heterocycles. The predicted octanol–water partition coefficient (Wildman–Crippen LogP) is 0.0391. The fourth-order valence-electron chi connectivity index (χ4n) is 2.75. The van der Waals surface area contributed by atoms with Gasteiger partial charge >= 0.3 is 5.69 Å². The first-order valence-corrected chi connectivity index (χ1v) is 7.92. The Morgan fingerprint density at radius 3 is 2.46 bits per heavy atom. The van der Waals surface area contributed by atoms with Crippen molar-refractivity contribution >= 4 is 12.2 Å². The summed E-state index contributed by atoms with van der Waals surface area (Å²) in [5.41, 5.74) is 0.450. The smallest absolute Gasteiger partial charge is 0.331 e. The summed E-state index contributed by atoms with van der Waals surface area (Å²) in [7, 11) is 0. The highest BCUT2D eigenvalue weighted by Gasteiger charge is 2.43. The lowest BCUT2D eigenvalue weighted by Crippen LogP contribution is -2.38. The second-order valence-corrected chi connectivity index (χ2v) is 6.06. The van der Waals surface area contributed by atoms with Gasteiger partial charge in [0.05, 0.1) is 13.2 Å². The Kier molecular flexibility index (Phi) is 4.93. The van der Waals surface area contributed by atoms with Crippen molar-refractivity contribution < 1.29 is 20.1 Å². The van der Waals surface area contributed by atoms with Crippen LogP contribution >= 0.6 is 12.2 Å². The van der Waals surface area contributed by atoms with Gasteiger partial charge in [0, 0.05) is 6.20 Å². The van der Waals surface area contributed by atoms with Gasteiger partial charge in [0.25, 0.3) is 0 Å². The number of aromatic nitrogens is 2. The molecule has 1 aromatic carbocycles. The molecule has 1 aliphatic rings. The molecule has 3 N–H and O–H groups in total. The van der Waals surface area contributed by atoms with Crippen LogP contribution in [0.2, 0.25) is 0 Å². The topological polar surface area (TPSA) is 96.8 Å². The van der Waals surface area contributed by atoms with Gasteiger partial charge in [-0.3, -0.25) is 9.13 Å². The minimum atomic E-state index is -1.32. The summed E-state index contributed by atoms with van der Waals surface area (Å²) in [6.07, 6.45) is -3.18. The van der Waals surface area contributed by atoms with E-state index in [9.17, 15) is 20.1 Å². The van der Waals surface area contributed by atoms with Crippen molar-refractivity contribution in [2.45, 2.75) is 31.1 Å². The lowest BCUT2D eigenvalue weighted by Gasteiger charge is -2.19. The van der Waals surface area contributed by atoms with Gasteiger partial charge in [0.15, 0.2) is 6.23 Å². The summed E-state index contributed by atoms with van der Waals surface area (Å²) in [5, 5.41) is 29.1. The van der Waals surface area contributed by atoms with Gasteiger partial charge < -0.3 is 20.1 Å². The van der Waals surface area contributed by atoms with E-state index in [1.165, 1.54) is 15.3 Å². The molecule has 2 heterocycles. The summed E-state index contributed by atoms with van der Waals surface area (Å²) in [5.74, 6) is 0. The number of aliphatic hydroxyl groups excluding tert-OH is 3. The summed E-state index contributed by atoms with van der Waals surface area (Å²) in [6, 6.07) is 10.9. The molecule has 0 radical (unpaired) electrons. The molecule has 1 aromatic heterocycles. The molecular weight excluding hydrogens is 332 g/mol. The fraction of sp³-hybridized carbons (Fsp3) is 0.375. The second-order valence-electron chi connectivity index (χ2n) is 5.64. The highest BCUT2D eigenvalue weighted by molar-refractivity contribution is 7.71. The molecule has 7 nitrogen and oxygen atoms in total. The van der Waals surface area contributed by atoms with Crippen LogP contribution in [0.3, 0.4) is 0 Å². The van der Waals surface area contributed by atoms with E-state index in [0.717, 1.165) is 5.56 Å². The molecule has 0 bridgehead atoms. The van der Waals surface area contributed by atoms with Crippen LogP contribution in [0, 0.1) is 4.64 Å². The second kappa shape index (κ2) is 6.96. The Morgan fingerprint density at radius 1 is 1.12 bits per heavy atom. The molecule has 2 aromatic rings. The minimum absolute atomic E-state index is 0.286. The number of hydrogen-bond donors (Lipinski definition) is 3. The van der Waals surface area contributed by atoms with E-state index in [-0.39, 0.29) is 6.54 Å². The van der Waals surface area contributed by atoms with E-state index < -0.39 is 36.8 Å². The maximum absolute atomic E-state index is 12.8. The van der Waals surface area contributed by atoms with Crippen LogP contribution in [0.25, 0.3) is 0 Å². The first kappa shape index (κ1) is 17.0. The van der Waals surface area contributed by atoms with Crippen LogP contribution in [0.4, 0.5) is 0 Å². The summed E-state index contributed by atoms with van der Waals surface area (Å²) >= 11 is 5.23. The molecule has 8 heteroatoms. The Bertz CT molecular complexity index is 819. The monoisotopic (exact) mass is 350 g/mol. The van der Waals surface area contributed by atoms with Crippen molar-refractivity contribution in [2.24, 2.45) is 0 Å². The normalized spacial score (nSPS) is 26.6. The molecule has 3 rings (SSSR count). The SMILES string of the molecule is O=c1n([C@H]2O[C@@H](CO)C(O)C2O)ccc(=S)n1Cc1ccccc1. The number of ether oxygens (including phenoxy) is 1. The Balaban J connectivity index is 1.98. The largest absolute Gasteiger partial charge is 0.394 e. The molecule has 0 aliphatic carbocycles. The first-order valence-electron chi connectivity index (χ1n) is 7.51. The average Bonchev–Trinajstić information content (AvgIpc) is 2.88. The van der Waals surface area contributed by atoms with Gasteiger partial charge in [0.2, 0.25) is 0 Å². The zero-order valence-electron chi connectivity index (χ0n) is 12.7. The van der Waals surface area contributed by atoms with Gasteiger partial charge in [-0.05, 0) is 11.6 Å². The zero-order valence-corrected chi connectivity index (χ0v) is 13.5. The van der Waals surface area contributed by atoms with Gasteiger partial charge in [-0.1, -0.05) is 42.5 Å². The van der Waals surface area contributed by atoms with E-state index >= 15 is 0 Å². The standard InChI is InChI=1S/C16H18N2O5S/c19-9-11-13(20)14(21)15(23-11)17-7-6-12(24)18(16(17)22)8-10-4-2-1-3-5-10/h1-7,11,13-15,19-21H,8-9H2/t11-,13?,14?,15-/m0/s1. The maximum Gasteiger partial charge on any atom is 0.331 e. The third-order valence-electron chi connectivity index (χ3n) is 4.07. The van der Waals surface area contributed by atoms with E-state index in [0.29, 0.717) is 4.64 Å². The van der Waals surface area contributed by atoms with E-state index in [2.05, 4.69) is 0 Å². The molecule has 128 valence electrons. The van der Waals surface area contributed by atoms with Gasteiger partial charge in [0.1, 0.15) is 23.0 Å². The van der Waals surface area contributed by atoms with E-state index in [4.69, 9.17) is 17.0 Å². The highest BCUT2D eigenvalue weighted by Crippen LogP contribution is 2.28. The minimum Gasteiger partial charge on any atom is -0.394 e. The zero-order chi connectivity index (χ0) is 17.3. The summed E-state index contributed by atoms with van der Waals surface area (Å²) in [4.78, 5) is 12.8. The summed E-state index contributed by atoms with van der Waals surface area (Å²) in [6.45, 7) is -0.166. The quantitative estimate of drug-likeness (QED) is 0.674. The van der Waals surface area contributed by atoms with Gasteiger partial charge in [-0.2, -0.15) is 0 Å². The van der Waals surface area contributed by atoms with Gasteiger partial charge in [-0.25, -0.2) is 4.79 Å². The summed E-state index contributed by atoms with van der Waals surface area (Å²) < 4.78 is 8.34. The highest BCUT2D eigenvalue weighted by atomic mass is 32.1. The lowest BCUT2D eigenvalue weighted by molar-refractivity contribution is -0.0555. The number of nitrogens with zero attached hydrogens (tertiary/aromatic N) is 2. The maximum atomic E-state index is 12.8. The Hall–Kier alpha value is -1.84. The third-order valence-corrected chi connectivity index (χ3v) is 4.43. The fourth-order valence-corrected chi connectivity index (χ4v) is 2.95. The van der Waals surface area contributed by atoms with Crippen molar-refractivity contribution in [3.05, 3.63) is 63.3 Å². The molecule has 0 spiro atoms. The number of aliphatic hydroxyl groups is 3. The van der Waals surface area contributed by atoms with Crippen LogP contribution in [0.15, 0.2) is 47.4 Å². The van der Waals surface area contributed by atoms with Crippen molar-refractivity contribution in [2.75, 3.05) is 6.61 Å². The van der Waals surface area contributed by atoms with Crippen LogP contribution in [-0.2, 0) is 11.3 Å². The molecule has 4 atom stereocenters. The van der Waals surface area contributed by atoms with Crippen LogP contribution in [-0.4, -0.2) is 49.4 Å². The predicted molar refractivity (Wildman–Crippen MR) is 88.1 cm³/mol. The van der Waals surface area contributed by atoms with E-state index in [1.54, 1.807) is 6.07 Å². The number of hydrogen-bond acceptors (Lipinski definition) is 6. The first-order chi connectivity index (χ1) is 11.5. The van der Waals surface area contributed by atoms with Crippen LogP contribution in [0.1, 0.15) is 11.8 Å². The van der Waals surface area contributed by atoms with Crippen molar-refractivity contribution in [1.29, 1.82) is 0 Å².